The Bertz CT molecular complexity index is 538. The van der Waals surface area contributed by atoms with Gasteiger partial charge in [-0.1, -0.05) is 13.8 Å². The molecule has 1 aromatic carbocycles. The van der Waals surface area contributed by atoms with Crippen molar-refractivity contribution in [2.75, 3.05) is 18.5 Å². The van der Waals surface area contributed by atoms with Gasteiger partial charge in [-0.15, -0.1) is 11.3 Å². The van der Waals surface area contributed by atoms with Crippen LogP contribution in [0, 0.1) is 12.3 Å². The van der Waals surface area contributed by atoms with Crippen molar-refractivity contribution >= 4 is 27.2 Å². The fourth-order valence-corrected chi connectivity index (χ4v) is 3.09. The Balaban J connectivity index is 2.12. The van der Waals surface area contributed by atoms with Gasteiger partial charge < -0.3 is 10.4 Å². The standard InChI is InChI=1S/C15H22N2OS/c1-4-15(5-2,10-18)9-16-12-6-7-13-14(8-12)19-11(3)17-13/h6-8,16,18H,4-5,9-10H2,1-3H3. The molecule has 0 atom stereocenters. The second kappa shape index (κ2) is 5.88. The summed E-state index contributed by atoms with van der Waals surface area (Å²) in [6.45, 7) is 7.34. The Labute approximate surface area is 118 Å². The maximum Gasteiger partial charge on any atom is 0.0907 e. The van der Waals surface area contributed by atoms with Crippen LogP contribution in [0.3, 0.4) is 0 Å². The van der Waals surface area contributed by atoms with E-state index in [9.17, 15) is 5.11 Å². The lowest BCUT2D eigenvalue weighted by atomic mass is 9.83. The van der Waals surface area contributed by atoms with Crippen LogP contribution < -0.4 is 5.32 Å². The molecule has 4 heteroatoms. The Morgan fingerprint density at radius 2 is 2.05 bits per heavy atom. The van der Waals surface area contributed by atoms with Crippen LogP contribution in [-0.2, 0) is 0 Å². The number of aliphatic hydroxyl groups is 1. The summed E-state index contributed by atoms with van der Waals surface area (Å²) in [5, 5.41) is 14.1. The zero-order valence-corrected chi connectivity index (χ0v) is 12.7. The molecule has 2 rings (SSSR count). The highest BCUT2D eigenvalue weighted by atomic mass is 32.1. The summed E-state index contributed by atoms with van der Waals surface area (Å²) in [6, 6.07) is 6.27. The highest BCUT2D eigenvalue weighted by molar-refractivity contribution is 7.18. The minimum atomic E-state index is -0.0153. The number of rotatable bonds is 6. The van der Waals surface area contributed by atoms with E-state index in [1.807, 2.05) is 6.92 Å². The number of fused-ring (bicyclic) bond motifs is 1. The first kappa shape index (κ1) is 14.3. The molecule has 0 aliphatic carbocycles. The third-order valence-corrected chi connectivity index (χ3v) is 4.93. The monoisotopic (exact) mass is 278 g/mol. The lowest BCUT2D eigenvalue weighted by Crippen LogP contribution is -2.32. The predicted molar refractivity (Wildman–Crippen MR) is 82.9 cm³/mol. The van der Waals surface area contributed by atoms with Crippen LogP contribution in [0.1, 0.15) is 31.7 Å². The van der Waals surface area contributed by atoms with Crippen molar-refractivity contribution in [3.8, 4) is 0 Å². The van der Waals surface area contributed by atoms with Crippen LogP contribution in [0.4, 0.5) is 5.69 Å². The SMILES string of the molecule is CCC(CC)(CO)CNc1ccc2nc(C)sc2c1. The summed E-state index contributed by atoms with van der Waals surface area (Å²) in [4.78, 5) is 4.46. The molecule has 0 unspecified atom stereocenters. The molecule has 0 radical (unpaired) electrons. The van der Waals surface area contributed by atoms with Gasteiger partial charge in [-0.3, -0.25) is 0 Å². The first-order valence-electron chi connectivity index (χ1n) is 6.84. The average Bonchev–Trinajstić information content (AvgIpc) is 2.80. The largest absolute Gasteiger partial charge is 0.396 e. The van der Waals surface area contributed by atoms with E-state index in [1.54, 1.807) is 11.3 Å². The van der Waals surface area contributed by atoms with E-state index >= 15 is 0 Å². The molecule has 0 amide bonds. The van der Waals surface area contributed by atoms with Crippen molar-refractivity contribution in [3.05, 3.63) is 23.2 Å². The Kier molecular flexibility index (Phi) is 4.42. The second-order valence-electron chi connectivity index (χ2n) is 5.13. The molecule has 0 saturated heterocycles. The van der Waals surface area contributed by atoms with Gasteiger partial charge in [0.05, 0.1) is 21.8 Å². The van der Waals surface area contributed by atoms with Crippen LogP contribution in [0.2, 0.25) is 0 Å². The van der Waals surface area contributed by atoms with Gasteiger partial charge >= 0.3 is 0 Å². The van der Waals surface area contributed by atoms with E-state index in [1.165, 1.54) is 4.70 Å². The smallest absolute Gasteiger partial charge is 0.0907 e. The minimum absolute atomic E-state index is 0.0153. The molecule has 19 heavy (non-hydrogen) atoms. The number of aliphatic hydroxyl groups excluding tert-OH is 1. The molecule has 2 N–H and O–H groups in total. The maximum absolute atomic E-state index is 9.58. The van der Waals surface area contributed by atoms with E-state index in [4.69, 9.17) is 0 Å². The molecular weight excluding hydrogens is 256 g/mol. The van der Waals surface area contributed by atoms with Crippen molar-refractivity contribution in [1.82, 2.24) is 4.98 Å². The third-order valence-electron chi connectivity index (χ3n) is 4.00. The van der Waals surface area contributed by atoms with E-state index in [0.29, 0.717) is 0 Å². The molecule has 0 aliphatic rings. The number of hydrogen-bond donors (Lipinski definition) is 2. The summed E-state index contributed by atoms with van der Waals surface area (Å²) in [5.41, 5.74) is 2.15. The highest BCUT2D eigenvalue weighted by Crippen LogP contribution is 2.28. The van der Waals surface area contributed by atoms with Crippen molar-refractivity contribution in [2.45, 2.75) is 33.6 Å². The minimum Gasteiger partial charge on any atom is -0.396 e. The number of anilines is 1. The average molecular weight is 278 g/mol. The van der Waals surface area contributed by atoms with Gasteiger partial charge in [0.25, 0.3) is 0 Å². The van der Waals surface area contributed by atoms with Gasteiger partial charge in [-0.25, -0.2) is 4.98 Å². The number of nitrogens with one attached hydrogen (secondary N) is 1. The van der Waals surface area contributed by atoms with Crippen molar-refractivity contribution in [2.24, 2.45) is 5.41 Å². The third kappa shape index (κ3) is 3.07. The highest BCUT2D eigenvalue weighted by Gasteiger charge is 2.24. The molecule has 0 aliphatic heterocycles. The number of hydrogen-bond acceptors (Lipinski definition) is 4. The first-order chi connectivity index (χ1) is 9.12. The fourth-order valence-electron chi connectivity index (χ4n) is 2.22. The van der Waals surface area contributed by atoms with E-state index in [2.05, 4.69) is 42.3 Å². The van der Waals surface area contributed by atoms with Crippen LogP contribution in [0.5, 0.6) is 0 Å². The molecule has 0 saturated carbocycles. The number of aromatic nitrogens is 1. The van der Waals surface area contributed by atoms with Gasteiger partial charge in [0.2, 0.25) is 0 Å². The number of nitrogens with zero attached hydrogens (tertiary/aromatic N) is 1. The molecule has 0 bridgehead atoms. The van der Waals surface area contributed by atoms with Crippen LogP contribution in [0.25, 0.3) is 10.2 Å². The summed E-state index contributed by atoms with van der Waals surface area (Å²) >= 11 is 1.72. The van der Waals surface area contributed by atoms with Gasteiger partial charge in [0.15, 0.2) is 0 Å². The predicted octanol–water partition coefficient (Wildman–Crippen LogP) is 3.82. The zero-order valence-electron chi connectivity index (χ0n) is 11.9. The van der Waals surface area contributed by atoms with E-state index in [0.717, 1.165) is 35.6 Å². The van der Waals surface area contributed by atoms with Crippen LogP contribution in [0.15, 0.2) is 18.2 Å². The van der Waals surface area contributed by atoms with Gasteiger partial charge in [-0.05, 0) is 38.0 Å². The van der Waals surface area contributed by atoms with Crippen molar-refractivity contribution in [1.29, 1.82) is 0 Å². The number of aryl methyl sites for hydroxylation is 1. The zero-order chi connectivity index (χ0) is 13.9. The molecule has 104 valence electrons. The van der Waals surface area contributed by atoms with Crippen molar-refractivity contribution < 1.29 is 5.11 Å². The normalized spacial score (nSPS) is 12.0. The summed E-state index contributed by atoms with van der Waals surface area (Å²) < 4.78 is 1.21. The maximum atomic E-state index is 9.58. The van der Waals surface area contributed by atoms with Crippen molar-refractivity contribution in [3.63, 3.8) is 0 Å². The molecule has 0 spiro atoms. The summed E-state index contributed by atoms with van der Waals surface area (Å²) in [5.74, 6) is 0. The van der Waals surface area contributed by atoms with Crippen LogP contribution in [-0.4, -0.2) is 23.2 Å². The van der Waals surface area contributed by atoms with Gasteiger partial charge in [0.1, 0.15) is 0 Å². The lowest BCUT2D eigenvalue weighted by Gasteiger charge is -2.30. The number of thiazole rings is 1. The second-order valence-corrected chi connectivity index (χ2v) is 6.37. The topological polar surface area (TPSA) is 45.1 Å². The molecule has 2 aromatic rings. The number of benzene rings is 1. The van der Waals surface area contributed by atoms with Gasteiger partial charge in [-0.2, -0.15) is 0 Å². The summed E-state index contributed by atoms with van der Waals surface area (Å²) in [7, 11) is 0. The Morgan fingerprint density at radius 1 is 1.32 bits per heavy atom. The molecule has 0 fully saturated rings. The molecular formula is C15H22N2OS. The Morgan fingerprint density at radius 3 is 2.68 bits per heavy atom. The Hall–Kier alpha value is -1.13. The van der Waals surface area contributed by atoms with E-state index < -0.39 is 0 Å². The fraction of sp³-hybridized carbons (Fsp3) is 0.533. The van der Waals surface area contributed by atoms with E-state index in [-0.39, 0.29) is 12.0 Å². The first-order valence-corrected chi connectivity index (χ1v) is 7.66. The molecule has 1 heterocycles. The van der Waals surface area contributed by atoms with Gasteiger partial charge in [0, 0.05) is 17.6 Å². The molecule has 1 aromatic heterocycles. The van der Waals surface area contributed by atoms with Crippen LogP contribution >= 0.6 is 11.3 Å². The quantitative estimate of drug-likeness (QED) is 0.844. The lowest BCUT2D eigenvalue weighted by molar-refractivity contribution is 0.127. The summed E-state index contributed by atoms with van der Waals surface area (Å²) in [6.07, 6.45) is 1.96. The molecule has 3 nitrogen and oxygen atoms in total.